The molecule has 126 valence electrons. The Hall–Kier alpha value is -2.33. The third kappa shape index (κ3) is 3.77. The van der Waals surface area contributed by atoms with Gasteiger partial charge in [-0.1, -0.05) is 36.4 Å². The van der Waals surface area contributed by atoms with Gasteiger partial charge in [-0.3, -0.25) is 4.79 Å². The van der Waals surface area contributed by atoms with E-state index >= 15 is 0 Å². The first-order valence-corrected chi connectivity index (χ1v) is 8.39. The van der Waals surface area contributed by atoms with Crippen molar-refractivity contribution in [2.45, 2.75) is 25.4 Å². The van der Waals surface area contributed by atoms with Crippen LogP contribution >= 0.6 is 0 Å². The Labute approximate surface area is 143 Å². The molecule has 0 fully saturated rings. The maximum atomic E-state index is 12.6. The SMILES string of the molecule is COC1CCN(C(=O)CCCOc2ccccc2)c2ccccc21. The number of rotatable bonds is 6. The van der Waals surface area contributed by atoms with Crippen LogP contribution in [-0.4, -0.2) is 26.2 Å². The zero-order valence-electron chi connectivity index (χ0n) is 14.0. The van der Waals surface area contributed by atoms with Crippen molar-refractivity contribution < 1.29 is 14.3 Å². The second-order valence-electron chi connectivity index (χ2n) is 5.88. The molecule has 1 atom stereocenters. The molecule has 2 aromatic carbocycles. The fourth-order valence-electron chi connectivity index (χ4n) is 3.10. The maximum absolute atomic E-state index is 12.6. The molecule has 3 rings (SSSR count). The number of ether oxygens (including phenoxy) is 2. The zero-order chi connectivity index (χ0) is 16.8. The van der Waals surface area contributed by atoms with E-state index in [4.69, 9.17) is 9.47 Å². The molecule has 0 N–H and O–H groups in total. The van der Waals surface area contributed by atoms with Gasteiger partial charge in [0, 0.05) is 31.3 Å². The number of nitrogens with zero attached hydrogens (tertiary/aromatic N) is 1. The number of carbonyl (C=O) groups is 1. The van der Waals surface area contributed by atoms with Gasteiger partial charge in [0.1, 0.15) is 5.75 Å². The molecule has 0 radical (unpaired) electrons. The second kappa shape index (κ2) is 7.97. The van der Waals surface area contributed by atoms with E-state index < -0.39 is 0 Å². The lowest BCUT2D eigenvalue weighted by atomic mass is 9.98. The Morgan fingerprint density at radius 2 is 1.88 bits per heavy atom. The molecule has 0 bridgehead atoms. The largest absolute Gasteiger partial charge is 0.494 e. The van der Waals surface area contributed by atoms with Crippen molar-refractivity contribution in [3.63, 3.8) is 0 Å². The molecule has 1 aliphatic rings. The smallest absolute Gasteiger partial charge is 0.227 e. The van der Waals surface area contributed by atoms with Gasteiger partial charge >= 0.3 is 0 Å². The van der Waals surface area contributed by atoms with Crippen LogP contribution in [0.3, 0.4) is 0 Å². The van der Waals surface area contributed by atoms with E-state index in [1.54, 1.807) is 7.11 Å². The van der Waals surface area contributed by atoms with Gasteiger partial charge in [-0.15, -0.1) is 0 Å². The van der Waals surface area contributed by atoms with Gasteiger partial charge in [-0.2, -0.15) is 0 Å². The fourth-order valence-corrected chi connectivity index (χ4v) is 3.10. The highest BCUT2D eigenvalue weighted by Gasteiger charge is 2.27. The van der Waals surface area contributed by atoms with E-state index in [1.807, 2.05) is 59.5 Å². The summed E-state index contributed by atoms with van der Waals surface area (Å²) in [5.74, 6) is 0.991. The molecule has 1 heterocycles. The van der Waals surface area contributed by atoms with E-state index in [9.17, 15) is 4.79 Å². The summed E-state index contributed by atoms with van der Waals surface area (Å²) in [6, 6.07) is 17.7. The van der Waals surface area contributed by atoms with E-state index in [2.05, 4.69) is 0 Å². The summed E-state index contributed by atoms with van der Waals surface area (Å²) in [4.78, 5) is 14.5. The average Bonchev–Trinajstić information content (AvgIpc) is 2.65. The summed E-state index contributed by atoms with van der Waals surface area (Å²) < 4.78 is 11.2. The number of methoxy groups -OCH3 is 1. The van der Waals surface area contributed by atoms with Crippen molar-refractivity contribution >= 4 is 11.6 Å². The molecule has 0 aliphatic carbocycles. The minimum atomic E-state index is 0.0756. The van der Waals surface area contributed by atoms with Crippen molar-refractivity contribution in [2.24, 2.45) is 0 Å². The molecule has 1 amide bonds. The van der Waals surface area contributed by atoms with Gasteiger partial charge in [0.2, 0.25) is 5.91 Å². The van der Waals surface area contributed by atoms with Crippen molar-refractivity contribution in [1.82, 2.24) is 0 Å². The van der Waals surface area contributed by atoms with Crippen molar-refractivity contribution in [1.29, 1.82) is 0 Å². The Bertz CT molecular complexity index is 672. The molecule has 0 saturated heterocycles. The normalized spacial score (nSPS) is 16.5. The van der Waals surface area contributed by atoms with Gasteiger partial charge in [0.15, 0.2) is 0 Å². The molecule has 4 nitrogen and oxygen atoms in total. The van der Waals surface area contributed by atoms with Crippen LogP contribution in [0, 0.1) is 0 Å². The number of carbonyl (C=O) groups excluding carboxylic acids is 1. The summed E-state index contributed by atoms with van der Waals surface area (Å²) in [7, 11) is 1.72. The predicted molar refractivity (Wildman–Crippen MR) is 94.3 cm³/mol. The van der Waals surface area contributed by atoms with Crippen LogP contribution in [0.5, 0.6) is 5.75 Å². The summed E-state index contributed by atoms with van der Waals surface area (Å²) in [5, 5.41) is 0. The lowest BCUT2D eigenvalue weighted by Crippen LogP contribution is -2.37. The molecular formula is C20H23NO3. The number of hydrogen-bond donors (Lipinski definition) is 0. The number of anilines is 1. The van der Waals surface area contributed by atoms with Crippen LogP contribution in [0.15, 0.2) is 54.6 Å². The average molecular weight is 325 g/mol. The number of hydrogen-bond acceptors (Lipinski definition) is 3. The second-order valence-corrected chi connectivity index (χ2v) is 5.88. The minimum Gasteiger partial charge on any atom is -0.494 e. The quantitative estimate of drug-likeness (QED) is 0.754. The van der Waals surface area contributed by atoms with E-state index in [0.717, 1.165) is 23.4 Å². The molecule has 1 aliphatic heterocycles. The van der Waals surface area contributed by atoms with Crippen molar-refractivity contribution in [3.05, 3.63) is 60.2 Å². The molecule has 1 unspecified atom stereocenters. The molecule has 0 saturated carbocycles. The lowest BCUT2D eigenvalue weighted by molar-refractivity contribution is -0.119. The predicted octanol–water partition coefficient (Wildman–Crippen LogP) is 3.97. The number of para-hydroxylation sites is 2. The van der Waals surface area contributed by atoms with E-state index in [1.165, 1.54) is 0 Å². The lowest BCUT2D eigenvalue weighted by Gasteiger charge is -2.33. The standard InChI is InChI=1S/C20H23NO3/c1-23-19-13-14-21(18-11-6-5-10-17(18)19)20(22)12-7-15-24-16-8-3-2-4-9-16/h2-6,8-11,19H,7,12-15H2,1H3. The summed E-state index contributed by atoms with van der Waals surface area (Å²) in [5.41, 5.74) is 2.07. The first-order chi connectivity index (χ1) is 11.8. The monoisotopic (exact) mass is 325 g/mol. The van der Waals surface area contributed by atoms with Crippen LogP contribution in [0.1, 0.15) is 30.9 Å². The van der Waals surface area contributed by atoms with Gasteiger partial charge in [-0.05, 0) is 31.0 Å². The minimum absolute atomic E-state index is 0.0756. The zero-order valence-corrected chi connectivity index (χ0v) is 14.0. The Kier molecular flexibility index (Phi) is 5.49. The Morgan fingerprint density at radius 3 is 2.67 bits per heavy atom. The maximum Gasteiger partial charge on any atom is 0.227 e. The van der Waals surface area contributed by atoms with Crippen LogP contribution < -0.4 is 9.64 Å². The van der Waals surface area contributed by atoms with Gasteiger partial charge in [0.05, 0.1) is 12.7 Å². The third-order valence-corrected chi connectivity index (χ3v) is 4.32. The highest BCUT2D eigenvalue weighted by atomic mass is 16.5. The summed E-state index contributed by atoms with van der Waals surface area (Å²) >= 11 is 0. The Balaban J connectivity index is 1.55. The van der Waals surface area contributed by atoms with Gasteiger partial charge in [-0.25, -0.2) is 0 Å². The van der Waals surface area contributed by atoms with Crippen LogP contribution in [0.25, 0.3) is 0 Å². The first-order valence-electron chi connectivity index (χ1n) is 8.39. The molecule has 0 aromatic heterocycles. The highest BCUT2D eigenvalue weighted by Crippen LogP contribution is 2.35. The van der Waals surface area contributed by atoms with Crippen LogP contribution in [-0.2, 0) is 9.53 Å². The van der Waals surface area contributed by atoms with E-state index in [0.29, 0.717) is 26.0 Å². The number of benzene rings is 2. The third-order valence-electron chi connectivity index (χ3n) is 4.32. The molecular weight excluding hydrogens is 302 g/mol. The van der Waals surface area contributed by atoms with E-state index in [-0.39, 0.29) is 12.0 Å². The topological polar surface area (TPSA) is 38.8 Å². The first kappa shape index (κ1) is 16.5. The van der Waals surface area contributed by atoms with Crippen molar-refractivity contribution in [2.75, 3.05) is 25.2 Å². The molecule has 2 aromatic rings. The number of fused-ring (bicyclic) bond motifs is 1. The van der Waals surface area contributed by atoms with Gasteiger partial charge < -0.3 is 14.4 Å². The van der Waals surface area contributed by atoms with Crippen molar-refractivity contribution in [3.8, 4) is 5.75 Å². The van der Waals surface area contributed by atoms with Crippen LogP contribution in [0.2, 0.25) is 0 Å². The number of amides is 1. The molecule has 24 heavy (non-hydrogen) atoms. The Morgan fingerprint density at radius 1 is 1.12 bits per heavy atom. The van der Waals surface area contributed by atoms with Gasteiger partial charge in [0.25, 0.3) is 0 Å². The highest BCUT2D eigenvalue weighted by molar-refractivity contribution is 5.94. The van der Waals surface area contributed by atoms with Crippen LogP contribution in [0.4, 0.5) is 5.69 Å². The summed E-state index contributed by atoms with van der Waals surface area (Å²) in [6.07, 6.45) is 2.10. The molecule has 4 heteroatoms. The summed E-state index contributed by atoms with van der Waals surface area (Å²) in [6.45, 7) is 1.25. The fraction of sp³-hybridized carbons (Fsp3) is 0.350. The molecule has 0 spiro atoms.